The molecule has 2 radical (unpaired) electrons. The summed E-state index contributed by atoms with van der Waals surface area (Å²) in [5.41, 5.74) is 0.750. The van der Waals surface area contributed by atoms with E-state index in [1.54, 1.807) is 0 Å². The Labute approximate surface area is 46.2 Å². The molecule has 0 aromatic carbocycles. The van der Waals surface area contributed by atoms with Gasteiger partial charge in [0.15, 0.2) is 0 Å². The minimum Gasteiger partial charge on any atom is -0.187 e. The molecule has 0 rings (SSSR count). The lowest BCUT2D eigenvalue weighted by atomic mass is 10.6. The van der Waals surface area contributed by atoms with E-state index in [0.29, 0.717) is 0 Å². The van der Waals surface area contributed by atoms with E-state index in [4.69, 9.17) is 0 Å². The van der Waals surface area contributed by atoms with Gasteiger partial charge in [0.2, 0.25) is 0 Å². The third-order valence-corrected chi connectivity index (χ3v) is 0. The van der Waals surface area contributed by atoms with Crippen LogP contribution < -0.4 is 0 Å². The molecule has 0 N–H and O–H groups in total. The molecule has 36 valence electrons. The molecule has 2 unspecified atom stereocenters. The summed E-state index contributed by atoms with van der Waals surface area (Å²) in [5.74, 6) is 0. The summed E-state index contributed by atoms with van der Waals surface area (Å²) in [6.45, 7) is 4.26. The number of hydrogen-bond donors (Lipinski definition) is 0. The second-order valence-corrected chi connectivity index (χ2v) is 2.58. The maximum atomic E-state index is 4.42. The molecule has 0 aliphatic carbocycles. The Morgan fingerprint density at radius 3 is 1.33 bits per heavy atom. The van der Waals surface area contributed by atoms with Crippen molar-refractivity contribution in [3.8, 4) is 0 Å². The van der Waals surface area contributed by atoms with Gasteiger partial charge in [-0.25, -0.2) is 0 Å². The minimum absolute atomic E-state index is 0.750. The van der Waals surface area contributed by atoms with E-state index in [-0.39, 0.29) is 0 Å². The first-order valence-corrected chi connectivity index (χ1v) is 3.15. The molecule has 0 saturated carbocycles. The average Bonchev–Trinajstić information content (AvgIpc) is 1.41. The summed E-state index contributed by atoms with van der Waals surface area (Å²) in [6.07, 6.45) is 0. The molecule has 0 aromatic heterocycles. The fraction of sp³-hybridized carbons (Fsp3) is 1.00. The molecule has 0 aliphatic rings. The SMILES string of the molecule is CC(C)P.[B]P. The Morgan fingerprint density at radius 2 is 1.33 bits per heavy atom. The van der Waals surface area contributed by atoms with Crippen molar-refractivity contribution in [1.82, 2.24) is 0 Å². The van der Waals surface area contributed by atoms with Gasteiger partial charge in [0, 0.05) is 0 Å². The van der Waals surface area contributed by atoms with E-state index < -0.39 is 0 Å². The van der Waals surface area contributed by atoms with Crippen molar-refractivity contribution in [3.05, 3.63) is 0 Å². The lowest BCUT2D eigenvalue weighted by Crippen LogP contribution is -1.69. The zero-order valence-electron chi connectivity index (χ0n) is 4.31. The Kier molecular flexibility index (Phi) is 15.6. The molecule has 0 fully saturated rings. The molecule has 0 spiro atoms. The summed E-state index contributed by atoms with van der Waals surface area (Å²) in [7, 11) is 8.99. The Morgan fingerprint density at radius 1 is 1.33 bits per heavy atom. The Hall–Kier alpha value is 0.925. The molecule has 0 bridgehead atoms. The Bertz CT molecular complexity index is 13.5. The predicted molar refractivity (Wildman–Crippen MR) is 40.3 cm³/mol. The smallest absolute Gasteiger partial charge is 0.0996 e. The van der Waals surface area contributed by atoms with Crippen molar-refractivity contribution < 1.29 is 0 Å². The summed E-state index contributed by atoms with van der Waals surface area (Å²) in [5, 5.41) is 0. The van der Waals surface area contributed by atoms with Crippen LogP contribution in [0.5, 0.6) is 0 Å². The molecule has 2 atom stereocenters. The van der Waals surface area contributed by atoms with Crippen LogP contribution in [-0.4, -0.2) is 13.2 Å². The maximum absolute atomic E-state index is 4.42. The van der Waals surface area contributed by atoms with E-state index in [9.17, 15) is 0 Å². The molecular weight excluding hydrogens is 109 g/mol. The van der Waals surface area contributed by atoms with Gasteiger partial charge >= 0.3 is 0 Å². The van der Waals surface area contributed by atoms with E-state index in [0.717, 1.165) is 5.66 Å². The molecule has 3 heteroatoms. The molecular formula is C3H11BP2. The van der Waals surface area contributed by atoms with E-state index in [1.165, 1.54) is 0 Å². The molecule has 6 heavy (non-hydrogen) atoms. The molecule has 0 nitrogen and oxygen atoms in total. The molecule has 0 aromatic rings. The molecule has 0 amide bonds. The van der Waals surface area contributed by atoms with Crippen molar-refractivity contribution in [2.75, 3.05) is 0 Å². The third kappa shape index (κ3) is 88.7. The van der Waals surface area contributed by atoms with Crippen LogP contribution in [0, 0.1) is 0 Å². The first-order valence-electron chi connectivity index (χ1n) is 1.82. The topological polar surface area (TPSA) is 0 Å². The normalized spacial score (nSPS) is 6.83. The highest BCUT2D eigenvalue weighted by molar-refractivity contribution is 7.49. The van der Waals surface area contributed by atoms with Crippen molar-refractivity contribution in [2.45, 2.75) is 19.5 Å². The maximum Gasteiger partial charge on any atom is 0.0996 e. The second-order valence-electron chi connectivity index (χ2n) is 1.24. The van der Waals surface area contributed by atoms with Crippen LogP contribution in [0.2, 0.25) is 0 Å². The van der Waals surface area contributed by atoms with Crippen LogP contribution in [0.1, 0.15) is 13.8 Å². The first kappa shape index (κ1) is 10.0. The van der Waals surface area contributed by atoms with E-state index in [2.05, 4.69) is 30.7 Å². The quantitative estimate of drug-likeness (QED) is 0.333. The monoisotopic (exact) mass is 120 g/mol. The van der Waals surface area contributed by atoms with Crippen molar-refractivity contribution in [3.63, 3.8) is 0 Å². The molecule has 0 aliphatic heterocycles. The van der Waals surface area contributed by atoms with Crippen LogP contribution in [0.25, 0.3) is 0 Å². The van der Waals surface area contributed by atoms with Gasteiger partial charge in [-0.1, -0.05) is 13.8 Å². The van der Waals surface area contributed by atoms with E-state index >= 15 is 0 Å². The Balaban J connectivity index is 0. The highest BCUT2D eigenvalue weighted by Gasteiger charge is 1.68. The van der Waals surface area contributed by atoms with Crippen molar-refractivity contribution in [1.29, 1.82) is 0 Å². The number of hydrogen-bond acceptors (Lipinski definition) is 0. The summed E-state index contributed by atoms with van der Waals surface area (Å²) < 4.78 is 0. The lowest BCUT2D eigenvalue weighted by Gasteiger charge is -1.79. The minimum atomic E-state index is 0.750. The van der Waals surface area contributed by atoms with Crippen LogP contribution in [0.4, 0.5) is 0 Å². The largest absolute Gasteiger partial charge is 0.187 e. The highest BCUT2D eigenvalue weighted by Crippen LogP contribution is 1.90. The van der Waals surface area contributed by atoms with Gasteiger partial charge in [0.25, 0.3) is 0 Å². The summed E-state index contributed by atoms with van der Waals surface area (Å²) in [6, 6.07) is 0. The first-order chi connectivity index (χ1) is 2.73. The van der Waals surface area contributed by atoms with Crippen LogP contribution in [0.3, 0.4) is 0 Å². The predicted octanol–water partition coefficient (Wildman–Crippen LogP) is 1.21. The summed E-state index contributed by atoms with van der Waals surface area (Å²) >= 11 is 0. The van der Waals surface area contributed by atoms with Gasteiger partial charge in [-0.3, -0.25) is 0 Å². The second kappa shape index (κ2) is 9.33. The van der Waals surface area contributed by atoms with Gasteiger partial charge in [-0.05, 0) is 5.66 Å². The fourth-order valence-electron chi connectivity index (χ4n) is 0. The zero-order valence-corrected chi connectivity index (χ0v) is 6.62. The molecule has 0 heterocycles. The van der Waals surface area contributed by atoms with Crippen molar-refractivity contribution >= 4 is 25.9 Å². The van der Waals surface area contributed by atoms with Crippen molar-refractivity contribution in [2.24, 2.45) is 0 Å². The van der Waals surface area contributed by atoms with Crippen LogP contribution >= 0.6 is 18.4 Å². The van der Waals surface area contributed by atoms with Gasteiger partial charge in [0.1, 0.15) is 0 Å². The van der Waals surface area contributed by atoms with Gasteiger partial charge in [0.05, 0.1) is 7.57 Å². The van der Waals surface area contributed by atoms with Gasteiger partial charge in [-0.2, -0.15) is 9.12 Å². The van der Waals surface area contributed by atoms with Crippen LogP contribution in [-0.2, 0) is 0 Å². The third-order valence-electron chi connectivity index (χ3n) is 0. The fourth-order valence-corrected chi connectivity index (χ4v) is 0. The lowest BCUT2D eigenvalue weighted by molar-refractivity contribution is 1.12. The van der Waals surface area contributed by atoms with Gasteiger partial charge in [-0.15, -0.1) is 9.24 Å². The highest BCUT2D eigenvalue weighted by atomic mass is 31.0. The molecule has 0 saturated heterocycles. The van der Waals surface area contributed by atoms with E-state index in [1.807, 2.05) is 9.12 Å². The van der Waals surface area contributed by atoms with Gasteiger partial charge < -0.3 is 0 Å². The van der Waals surface area contributed by atoms with Crippen LogP contribution in [0.15, 0.2) is 0 Å². The zero-order chi connectivity index (χ0) is 5.58. The summed E-state index contributed by atoms with van der Waals surface area (Å²) in [4.78, 5) is 0. The average molecular weight is 120 g/mol. The number of rotatable bonds is 0. The standard InChI is InChI=1S/C3H9P.BH2P/c1-3(2)4;1-2/h3H,4H2,1-2H3;2H2.